The number of carbonyl (C=O) groups excluding carboxylic acids is 1. The van der Waals surface area contributed by atoms with Crippen LogP contribution >= 0.6 is 0 Å². The maximum Gasteiger partial charge on any atom is 0.255 e. The first kappa shape index (κ1) is 20.5. The quantitative estimate of drug-likeness (QED) is 0.828. The van der Waals surface area contributed by atoms with Gasteiger partial charge in [0.05, 0.1) is 4.90 Å². The normalized spacial score (nSPS) is 18.1. The molecule has 5 nitrogen and oxygen atoms in total. The van der Waals surface area contributed by atoms with Gasteiger partial charge in [0.15, 0.2) is 0 Å². The Balaban J connectivity index is 1.91. The Morgan fingerprint density at radius 1 is 1.11 bits per heavy atom. The van der Waals surface area contributed by atoms with E-state index < -0.39 is 15.9 Å². The molecule has 1 fully saturated rings. The number of halogens is 1. The SMILES string of the molecule is Cc1cc(F)ccc1NC(=O)c1cc(S(=O)(=O)N2CCCCC2C)ccc1C. The summed E-state index contributed by atoms with van der Waals surface area (Å²) in [5.74, 6) is -0.800. The number of piperidine rings is 1. The number of hydrogen-bond acceptors (Lipinski definition) is 3. The van der Waals surface area contributed by atoms with E-state index in [1.165, 1.54) is 28.6 Å². The van der Waals surface area contributed by atoms with Crippen molar-refractivity contribution in [3.63, 3.8) is 0 Å². The first-order chi connectivity index (χ1) is 13.2. The minimum atomic E-state index is -3.67. The molecular weight excluding hydrogens is 379 g/mol. The molecule has 2 aromatic carbocycles. The molecular formula is C21H25FN2O3S. The molecule has 1 atom stereocenters. The minimum absolute atomic E-state index is 0.0563. The van der Waals surface area contributed by atoms with Crippen LogP contribution in [0.5, 0.6) is 0 Å². The van der Waals surface area contributed by atoms with Crippen molar-refractivity contribution in [1.82, 2.24) is 4.31 Å². The number of anilines is 1. The number of nitrogens with zero attached hydrogens (tertiary/aromatic N) is 1. The Kier molecular flexibility index (Phi) is 5.86. The topological polar surface area (TPSA) is 66.5 Å². The van der Waals surface area contributed by atoms with E-state index >= 15 is 0 Å². The fourth-order valence-corrected chi connectivity index (χ4v) is 5.25. The van der Waals surface area contributed by atoms with Crippen LogP contribution in [-0.4, -0.2) is 31.2 Å². The molecule has 1 aliphatic rings. The number of amides is 1. The molecule has 1 aliphatic heterocycles. The summed E-state index contributed by atoms with van der Waals surface area (Å²) >= 11 is 0. The Morgan fingerprint density at radius 3 is 2.54 bits per heavy atom. The average molecular weight is 405 g/mol. The highest BCUT2D eigenvalue weighted by molar-refractivity contribution is 7.89. The molecule has 0 saturated carbocycles. The van der Waals surface area contributed by atoms with Gasteiger partial charge in [-0.2, -0.15) is 4.31 Å². The van der Waals surface area contributed by atoms with Crippen LogP contribution in [0, 0.1) is 19.7 Å². The van der Waals surface area contributed by atoms with Crippen LogP contribution in [0.25, 0.3) is 0 Å². The maximum atomic E-state index is 13.3. The summed E-state index contributed by atoms with van der Waals surface area (Å²) in [6.45, 7) is 5.86. The predicted molar refractivity (Wildman–Crippen MR) is 107 cm³/mol. The van der Waals surface area contributed by atoms with Gasteiger partial charge < -0.3 is 5.32 Å². The highest BCUT2D eigenvalue weighted by atomic mass is 32.2. The zero-order valence-corrected chi connectivity index (χ0v) is 17.1. The summed E-state index contributed by atoms with van der Waals surface area (Å²) in [7, 11) is -3.67. The summed E-state index contributed by atoms with van der Waals surface area (Å²) in [4.78, 5) is 12.9. The van der Waals surface area contributed by atoms with E-state index in [2.05, 4.69) is 5.32 Å². The summed E-state index contributed by atoms with van der Waals surface area (Å²) < 4.78 is 41.0. The monoisotopic (exact) mass is 404 g/mol. The second kappa shape index (κ2) is 8.01. The van der Waals surface area contributed by atoms with Crippen LogP contribution in [0.2, 0.25) is 0 Å². The summed E-state index contributed by atoms with van der Waals surface area (Å²) in [6.07, 6.45) is 2.70. The van der Waals surface area contributed by atoms with Crippen molar-refractivity contribution in [1.29, 1.82) is 0 Å². The number of hydrogen-bond donors (Lipinski definition) is 1. The highest BCUT2D eigenvalue weighted by Crippen LogP contribution is 2.27. The fourth-order valence-electron chi connectivity index (χ4n) is 3.53. The van der Waals surface area contributed by atoms with Gasteiger partial charge in [0.1, 0.15) is 5.82 Å². The lowest BCUT2D eigenvalue weighted by molar-refractivity contribution is 0.102. The number of sulfonamides is 1. The molecule has 0 aromatic heterocycles. The Hall–Kier alpha value is -2.25. The average Bonchev–Trinajstić information content (AvgIpc) is 2.64. The van der Waals surface area contributed by atoms with Crippen LogP contribution in [0.15, 0.2) is 41.3 Å². The second-order valence-electron chi connectivity index (χ2n) is 7.35. The Morgan fingerprint density at radius 2 is 1.86 bits per heavy atom. The molecule has 0 spiro atoms. The zero-order chi connectivity index (χ0) is 20.5. The number of carbonyl (C=O) groups is 1. The smallest absolute Gasteiger partial charge is 0.255 e. The van der Waals surface area contributed by atoms with Crippen LogP contribution in [0.4, 0.5) is 10.1 Å². The molecule has 0 aliphatic carbocycles. The molecule has 0 bridgehead atoms. The lowest BCUT2D eigenvalue weighted by atomic mass is 10.1. The number of rotatable bonds is 4. The van der Waals surface area contributed by atoms with Crippen molar-refractivity contribution in [2.24, 2.45) is 0 Å². The first-order valence-corrected chi connectivity index (χ1v) is 10.8. The zero-order valence-electron chi connectivity index (χ0n) is 16.3. The van der Waals surface area contributed by atoms with E-state index in [4.69, 9.17) is 0 Å². The minimum Gasteiger partial charge on any atom is -0.322 e. The molecule has 1 saturated heterocycles. The molecule has 2 aromatic rings. The number of nitrogens with one attached hydrogen (secondary N) is 1. The van der Waals surface area contributed by atoms with E-state index in [1.54, 1.807) is 26.0 Å². The van der Waals surface area contributed by atoms with Crippen LogP contribution in [-0.2, 0) is 10.0 Å². The molecule has 150 valence electrons. The highest BCUT2D eigenvalue weighted by Gasteiger charge is 2.31. The van der Waals surface area contributed by atoms with Crippen molar-refractivity contribution >= 4 is 21.6 Å². The van der Waals surface area contributed by atoms with Gasteiger partial charge in [0.2, 0.25) is 10.0 Å². The van der Waals surface area contributed by atoms with E-state index in [-0.39, 0.29) is 22.3 Å². The molecule has 1 unspecified atom stereocenters. The third-order valence-electron chi connectivity index (χ3n) is 5.24. The third kappa shape index (κ3) is 4.10. The maximum absolute atomic E-state index is 13.3. The summed E-state index contributed by atoms with van der Waals surface area (Å²) in [6, 6.07) is 8.67. The summed E-state index contributed by atoms with van der Waals surface area (Å²) in [5.41, 5.74) is 2.04. The lowest BCUT2D eigenvalue weighted by Crippen LogP contribution is -2.42. The van der Waals surface area contributed by atoms with Gasteiger partial charge in [-0.25, -0.2) is 12.8 Å². The van der Waals surface area contributed by atoms with Gasteiger partial charge in [0, 0.05) is 23.8 Å². The fraction of sp³-hybridized carbons (Fsp3) is 0.381. The lowest BCUT2D eigenvalue weighted by Gasteiger charge is -2.32. The standard InChI is InChI=1S/C21H25FN2O3S/c1-14-7-9-18(28(26,27)24-11-5-4-6-16(24)3)13-19(14)21(25)23-20-10-8-17(22)12-15(20)2/h7-10,12-13,16H,4-6,11H2,1-3H3,(H,23,25). The van der Waals surface area contributed by atoms with E-state index in [1.807, 2.05) is 6.92 Å². The van der Waals surface area contributed by atoms with Crippen molar-refractivity contribution in [3.05, 3.63) is 58.9 Å². The van der Waals surface area contributed by atoms with E-state index in [0.29, 0.717) is 23.4 Å². The molecule has 0 radical (unpaired) electrons. The van der Waals surface area contributed by atoms with Gasteiger partial charge in [-0.05, 0) is 75.1 Å². The van der Waals surface area contributed by atoms with Crippen LogP contribution in [0.3, 0.4) is 0 Å². The van der Waals surface area contributed by atoms with Crippen molar-refractivity contribution in [2.45, 2.75) is 51.0 Å². The van der Waals surface area contributed by atoms with Gasteiger partial charge in [-0.3, -0.25) is 4.79 Å². The van der Waals surface area contributed by atoms with E-state index in [0.717, 1.165) is 19.3 Å². The van der Waals surface area contributed by atoms with Crippen molar-refractivity contribution < 1.29 is 17.6 Å². The largest absolute Gasteiger partial charge is 0.322 e. The van der Waals surface area contributed by atoms with Crippen molar-refractivity contribution in [2.75, 3.05) is 11.9 Å². The van der Waals surface area contributed by atoms with Gasteiger partial charge in [-0.15, -0.1) is 0 Å². The third-order valence-corrected chi connectivity index (χ3v) is 7.25. The van der Waals surface area contributed by atoms with Crippen LogP contribution in [0.1, 0.15) is 47.7 Å². The number of aryl methyl sites for hydroxylation is 2. The molecule has 1 heterocycles. The summed E-state index contributed by atoms with van der Waals surface area (Å²) in [5, 5.41) is 2.75. The first-order valence-electron chi connectivity index (χ1n) is 9.40. The second-order valence-corrected chi connectivity index (χ2v) is 9.24. The molecule has 1 amide bonds. The van der Waals surface area contributed by atoms with Crippen molar-refractivity contribution in [3.8, 4) is 0 Å². The van der Waals surface area contributed by atoms with Crippen LogP contribution < -0.4 is 5.32 Å². The van der Waals surface area contributed by atoms with Gasteiger partial charge in [-0.1, -0.05) is 12.5 Å². The predicted octanol–water partition coefficient (Wildman–Crippen LogP) is 4.26. The number of benzene rings is 2. The van der Waals surface area contributed by atoms with E-state index in [9.17, 15) is 17.6 Å². The molecule has 3 rings (SSSR count). The molecule has 28 heavy (non-hydrogen) atoms. The molecule has 1 N–H and O–H groups in total. The molecule has 7 heteroatoms. The Labute approximate surface area is 165 Å². The Bertz CT molecular complexity index is 1000. The van der Waals surface area contributed by atoms with Gasteiger partial charge >= 0.3 is 0 Å². The van der Waals surface area contributed by atoms with Gasteiger partial charge in [0.25, 0.3) is 5.91 Å².